The molecule has 6 rings (SSSR count). The highest BCUT2D eigenvalue weighted by molar-refractivity contribution is 6.01. The van der Waals surface area contributed by atoms with E-state index < -0.39 is 18.1 Å². The Morgan fingerprint density at radius 2 is 1.38 bits per heavy atom. The molecule has 4 N–H and O–H groups in total. The van der Waals surface area contributed by atoms with Gasteiger partial charge in [0, 0.05) is 41.1 Å². The Labute approximate surface area is 306 Å². The van der Waals surface area contributed by atoms with Gasteiger partial charge in [-0.1, -0.05) is 56.3 Å². The van der Waals surface area contributed by atoms with E-state index in [0.29, 0.717) is 43.2 Å². The van der Waals surface area contributed by atoms with E-state index in [1.165, 1.54) is 0 Å². The summed E-state index contributed by atoms with van der Waals surface area (Å²) < 4.78 is 0. The van der Waals surface area contributed by atoms with Crippen molar-refractivity contribution in [2.45, 2.75) is 70.1 Å². The first-order valence-electron chi connectivity index (χ1n) is 18.4. The van der Waals surface area contributed by atoms with Crippen LogP contribution < -0.4 is 16.0 Å². The van der Waals surface area contributed by atoms with Crippen molar-refractivity contribution in [1.29, 1.82) is 0 Å². The lowest BCUT2D eigenvalue weighted by Crippen LogP contribution is -2.51. The zero-order valence-electron chi connectivity index (χ0n) is 30.8. The van der Waals surface area contributed by atoms with Gasteiger partial charge in [0.25, 0.3) is 0 Å². The number of carbonyl (C=O) groups excluding carboxylic acids is 4. The van der Waals surface area contributed by atoms with Crippen LogP contribution in [0.25, 0.3) is 22.2 Å². The second-order valence-corrected chi connectivity index (χ2v) is 14.7. The highest BCUT2D eigenvalue weighted by Crippen LogP contribution is 2.30. The number of aromatic nitrogens is 1. The second-order valence-electron chi connectivity index (χ2n) is 14.7. The Morgan fingerprint density at radius 3 is 1.98 bits per heavy atom. The zero-order valence-corrected chi connectivity index (χ0v) is 30.8. The molecule has 3 heterocycles. The third-order valence-corrected chi connectivity index (χ3v) is 10.3. The molecule has 0 spiro atoms. The fraction of sp³-hybridized carbons (Fsp3) is 0.415. The highest BCUT2D eigenvalue weighted by Gasteiger charge is 2.39. The molecule has 4 aromatic rings. The molecule has 0 radical (unpaired) electrons. The van der Waals surface area contributed by atoms with Crippen molar-refractivity contribution in [3.63, 3.8) is 0 Å². The van der Waals surface area contributed by atoms with Gasteiger partial charge < -0.3 is 30.7 Å². The van der Waals surface area contributed by atoms with Crippen LogP contribution >= 0.6 is 0 Å². The molecular weight excluding hydrogens is 654 g/mol. The molecule has 0 bridgehead atoms. The van der Waals surface area contributed by atoms with E-state index >= 15 is 0 Å². The van der Waals surface area contributed by atoms with Crippen molar-refractivity contribution in [2.75, 3.05) is 44.9 Å². The Bertz CT molecular complexity index is 1890. The van der Waals surface area contributed by atoms with Crippen LogP contribution in [0.5, 0.6) is 0 Å². The molecule has 0 saturated carbocycles. The smallest absolute Gasteiger partial charge is 0.247 e. The van der Waals surface area contributed by atoms with Gasteiger partial charge in [0.15, 0.2) is 0 Å². The van der Waals surface area contributed by atoms with Gasteiger partial charge in [-0.3, -0.25) is 24.1 Å². The number of carbonyl (C=O) groups is 4. The summed E-state index contributed by atoms with van der Waals surface area (Å²) in [5.41, 5.74) is 4.96. The molecule has 11 heteroatoms. The van der Waals surface area contributed by atoms with E-state index in [4.69, 9.17) is 0 Å². The Balaban J connectivity index is 1.09. The van der Waals surface area contributed by atoms with Crippen molar-refractivity contribution < 1.29 is 19.2 Å². The molecule has 2 aliphatic heterocycles. The number of hydrogen-bond donors (Lipinski definition) is 4. The number of rotatable bonds is 12. The summed E-state index contributed by atoms with van der Waals surface area (Å²) >= 11 is 0. The van der Waals surface area contributed by atoms with E-state index in [9.17, 15) is 19.2 Å². The first-order valence-corrected chi connectivity index (χ1v) is 18.4. The number of fused-ring (bicyclic) bond motifs is 1. The molecule has 4 atom stereocenters. The average Bonchev–Trinajstić information content (AvgIpc) is 3.91. The maximum Gasteiger partial charge on any atom is 0.247 e. The average molecular weight is 706 g/mol. The minimum absolute atomic E-state index is 0.0188. The summed E-state index contributed by atoms with van der Waals surface area (Å²) in [6, 6.07) is 23.2. The number of hydrogen-bond acceptors (Lipinski definition) is 6. The third kappa shape index (κ3) is 8.05. The Hall–Kier alpha value is -5.00. The normalized spacial score (nSPS) is 18.6. The monoisotopic (exact) mass is 705 g/mol. The number of nitrogens with one attached hydrogen (secondary N) is 4. The zero-order chi connectivity index (χ0) is 36.9. The minimum Gasteiger partial charge on any atom is -0.355 e. The number of H-pyrrole nitrogens is 1. The van der Waals surface area contributed by atoms with Gasteiger partial charge in [-0.15, -0.1) is 0 Å². The predicted molar refractivity (Wildman–Crippen MR) is 206 cm³/mol. The lowest BCUT2D eigenvalue weighted by atomic mass is 10.0. The fourth-order valence-corrected chi connectivity index (χ4v) is 7.57. The highest BCUT2D eigenvalue weighted by atomic mass is 16.2. The van der Waals surface area contributed by atoms with E-state index in [1.807, 2.05) is 97.9 Å². The van der Waals surface area contributed by atoms with Crippen LogP contribution in [0.1, 0.15) is 57.6 Å². The lowest BCUT2D eigenvalue weighted by Gasteiger charge is -2.32. The van der Waals surface area contributed by atoms with Crippen LogP contribution in [0, 0.1) is 5.92 Å². The number of aromatic amines is 1. The van der Waals surface area contributed by atoms with Gasteiger partial charge in [-0.2, -0.15) is 0 Å². The molecule has 0 unspecified atom stereocenters. The minimum atomic E-state index is -0.541. The van der Waals surface area contributed by atoms with Crippen LogP contribution in [-0.4, -0.2) is 95.7 Å². The number of benzene rings is 3. The van der Waals surface area contributed by atoms with Gasteiger partial charge in [-0.25, -0.2) is 0 Å². The number of nitrogens with zero attached hydrogens (tertiary/aromatic N) is 3. The summed E-state index contributed by atoms with van der Waals surface area (Å²) in [7, 11) is 5.60. The van der Waals surface area contributed by atoms with Crippen molar-refractivity contribution >= 4 is 45.9 Å². The van der Waals surface area contributed by atoms with Gasteiger partial charge in [0.05, 0.1) is 6.04 Å². The molecule has 2 saturated heterocycles. The van der Waals surface area contributed by atoms with E-state index in [0.717, 1.165) is 47.0 Å². The Kier molecular flexibility index (Phi) is 11.4. The first-order chi connectivity index (χ1) is 25.0. The summed E-state index contributed by atoms with van der Waals surface area (Å²) in [5.74, 6) is -0.0731. The van der Waals surface area contributed by atoms with E-state index in [-0.39, 0.29) is 29.7 Å². The van der Waals surface area contributed by atoms with Crippen molar-refractivity contribution in [3.05, 3.63) is 84.4 Å². The van der Waals surface area contributed by atoms with Crippen LogP contribution in [-0.2, 0) is 19.2 Å². The lowest BCUT2D eigenvalue weighted by molar-refractivity contribution is -0.141. The molecule has 11 nitrogen and oxygen atoms in total. The molecular formula is C41H51N7O4. The second kappa shape index (κ2) is 16.1. The molecule has 274 valence electrons. The Morgan fingerprint density at radius 1 is 0.788 bits per heavy atom. The molecule has 0 aliphatic carbocycles. The number of likely N-dealkylation sites (N-methyl/N-ethyl adjacent to an activating group) is 2. The molecule has 3 aromatic carbocycles. The largest absolute Gasteiger partial charge is 0.355 e. The number of anilines is 2. The maximum absolute atomic E-state index is 13.5. The van der Waals surface area contributed by atoms with Crippen molar-refractivity contribution in [3.8, 4) is 11.3 Å². The summed E-state index contributed by atoms with van der Waals surface area (Å²) in [6.07, 6.45) is 3.59. The number of amides is 4. The SMILES string of the molecule is CN[C@@H](C(=O)N1CCC[C@H]1C(=O)Nc1ccc2[nH]c(-c3ccc(NC(=O)[C@@H]4CCCN4C(=O)[C@@H](CC(C)C)N(C)C)cc3)cc2c1)c1ccccc1. The van der Waals surface area contributed by atoms with E-state index in [1.54, 1.807) is 16.8 Å². The van der Waals surface area contributed by atoms with Gasteiger partial charge in [0.2, 0.25) is 23.6 Å². The summed E-state index contributed by atoms with van der Waals surface area (Å²) in [5, 5.41) is 10.1. The van der Waals surface area contributed by atoms with E-state index in [2.05, 4.69) is 34.8 Å². The molecule has 2 fully saturated rings. The van der Waals surface area contributed by atoms with Crippen molar-refractivity contribution in [1.82, 2.24) is 25.0 Å². The molecule has 1 aromatic heterocycles. The van der Waals surface area contributed by atoms with Gasteiger partial charge in [0.1, 0.15) is 18.1 Å². The van der Waals surface area contributed by atoms with Crippen molar-refractivity contribution in [2.24, 2.45) is 5.92 Å². The third-order valence-electron chi connectivity index (χ3n) is 10.3. The van der Waals surface area contributed by atoms with Crippen LogP contribution in [0.4, 0.5) is 11.4 Å². The molecule has 4 amide bonds. The summed E-state index contributed by atoms with van der Waals surface area (Å²) in [4.78, 5) is 62.8. The number of likely N-dealkylation sites (tertiary alicyclic amines) is 2. The first kappa shape index (κ1) is 36.8. The van der Waals surface area contributed by atoms with Gasteiger partial charge in [-0.05, 0) is 107 Å². The predicted octanol–water partition coefficient (Wildman–Crippen LogP) is 5.63. The van der Waals surface area contributed by atoms with Crippen LogP contribution in [0.15, 0.2) is 78.9 Å². The van der Waals surface area contributed by atoms with Crippen LogP contribution in [0.2, 0.25) is 0 Å². The standard InChI is InChI=1S/C41H51N7O4/c1-26(2)23-36(46(4)5)40(51)47-21-9-13-34(47)38(49)43-30-17-15-27(16-18-30)33-25-29-24-31(19-20-32(29)45-33)44-39(50)35-14-10-22-48(35)41(52)37(42-3)28-11-7-6-8-12-28/h6-8,11-12,15-20,24-26,34-37,42,45H,9-10,13-14,21-23H2,1-5H3,(H,43,49)(H,44,50)/t34-,35-,36+,37+/m0/s1. The fourth-order valence-electron chi connectivity index (χ4n) is 7.57. The molecule has 52 heavy (non-hydrogen) atoms. The summed E-state index contributed by atoms with van der Waals surface area (Å²) in [6.45, 7) is 5.35. The quantitative estimate of drug-likeness (QED) is 0.151. The molecule has 2 aliphatic rings. The van der Waals surface area contributed by atoms with Crippen LogP contribution in [0.3, 0.4) is 0 Å². The topological polar surface area (TPSA) is 130 Å². The van der Waals surface area contributed by atoms with Gasteiger partial charge >= 0.3 is 0 Å². The maximum atomic E-state index is 13.5.